The van der Waals surface area contributed by atoms with E-state index >= 15 is 0 Å². The molecule has 0 heterocycles. The minimum Gasteiger partial charge on any atom is -0.378 e. The van der Waals surface area contributed by atoms with Crippen LogP contribution in [-0.4, -0.2) is 43.7 Å². The van der Waals surface area contributed by atoms with Crippen LogP contribution in [0.4, 0.5) is 0 Å². The van der Waals surface area contributed by atoms with E-state index in [9.17, 15) is 4.79 Å². The summed E-state index contributed by atoms with van der Waals surface area (Å²) in [6, 6.07) is 0. The largest absolute Gasteiger partial charge is 0.378 e. The summed E-state index contributed by atoms with van der Waals surface area (Å²) < 4.78 is 5.29. The molecule has 0 aliphatic carbocycles. The number of amides is 1. The van der Waals surface area contributed by atoms with Crippen LogP contribution in [0.25, 0.3) is 0 Å². The molecule has 4 nitrogen and oxygen atoms in total. The molecule has 0 fully saturated rings. The Hall–Kier alpha value is -0.610. The number of ether oxygens (including phenoxy) is 1. The first kappa shape index (κ1) is 13.4. The molecule has 84 valence electrons. The van der Waals surface area contributed by atoms with Crippen molar-refractivity contribution in [2.45, 2.75) is 32.8 Å². The number of nitrogens with two attached hydrogens (primary N) is 1. The lowest BCUT2D eigenvalue weighted by molar-refractivity contribution is -0.131. The van der Waals surface area contributed by atoms with Gasteiger partial charge in [0.1, 0.15) is 0 Å². The third-order valence-electron chi connectivity index (χ3n) is 1.89. The highest BCUT2D eigenvalue weighted by Crippen LogP contribution is 1.95. The number of nitrogens with zero attached hydrogens (tertiary/aromatic N) is 1. The van der Waals surface area contributed by atoms with Gasteiger partial charge in [0.15, 0.2) is 0 Å². The maximum atomic E-state index is 11.4. The summed E-state index contributed by atoms with van der Waals surface area (Å²) in [4.78, 5) is 13.1. The Morgan fingerprint density at radius 1 is 1.50 bits per heavy atom. The van der Waals surface area contributed by atoms with Crippen molar-refractivity contribution in [3.8, 4) is 0 Å². The zero-order valence-electron chi connectivity index (χ0n) is 9.45. The van der Waals surface area contributed by atoms with Gasteiger partial charge in [-0.1, -0.05) is 0 Å². The lowest BCUT2D eigenvalue weighted by Crippen LogP contribution is -2.29. The van der Waals surface area contributed by atoms with E-state index < -0.39 is 0 Å². The average molecular weight is 202 g/mol. The molecule has 0 atom stereocenters. The Bertz CT molecular complexity index is 160. The Balaban J connectivity index is 3.52. The molecule has 4 heteroatoms. The summed E-state index contributed by atoms with van der Waals surface area (Å²) in [5.41, 5.74) is 5.35. The van der Waals surface area contributed by atoms with Gasteiger partial charge in [-0.2, -0.15) is 0 Å². The Labute approximate surface area is 86.4 Å². The van der Waals surface area contributed by atoms with Crippen LogP contribution >= 0.6 is 0 Å². The molecule has 1 amide bonds. The molecule has 0 aliphatic rings. The SMILES string of the molecule is CC(C)OCCC(=O)N(C)CCCN. The fourth-order valence-electron chi connectivity index (χ4n) is 1.03. The first-order chi connectivity index (χ1) is 6.57. The van der Waals surface area contributed by atoms with Crippen molar-refractivity contribution in [2.24, 2.45) is 5.73 Å². The highest BCUT2D eigenvalue weighted by molar-refractivity contribution is 5.75. The monoisotopic (exact) mass is 202 g/mol. The van der Waals surface area contributed by atoms with E-state index in [0.717, 1.165) is 13.0 Å². The van der Waals surface area contributed by atoms with E-state index in [1.54, 1.807) is 11.9 Å². The molecule has 0 aromatic rings. The van der Waals surface area contributed by atoms with Crippen LogP contribution in [-0.2, 0) is 9.53 Å². The van der Waals surface area contributed by atoms with E-state index in [0.29, 0.717) is 19.6 Å². The van der Waals surface area contributed by atoms with Crippen molar-refractivity contribution in [2.75, 3.05) is 26.7 Å². The minimum absolute atomic E-state index is 0.124. The molecule has 0 saturated carbocycles. The van der Waals surface area contributed by atoms with Crippen molar-refractivity contribution in [3.05, 3.63) is 0 Å². The van der Waals surface area contributed by atoms with E-state index in [1.165, 1.54) is 0 Å². The highest BCUT2D eigenvalue weighted by atomic mass is 16.5. The Kier molecular flexibility index (Phi) is 7.42. The second-order valence-corrected chi connectivity index (χ2v) is 3.63. The zero-order valence-corrected chi connectivity index (χ0v) is 9.45. The van der Waals surface area contributed by atoms with Crippen LogP contribution in [0.15, 0.2) is 0 Å². The lowest BCUT2D eigenvalue weighted by Gasteiger charge is -2.17. The van der Waals surface area contributed by atoms with Crippen LogP contribution in [0.1, 0.15) is 26.7 Å². The summed E-state index contributed by atoms with van der Waals surface area (Å²) in [5, 5.41) is 0. The van der Waals surface area contributed by atoms with Crippen LogP contribution < -0.4 is 5.73 Å². The third kappa shape index (κ3) is 6.86. The number of carbonyl (C=O) groups is 1. The Morgan fingerprint density at radius 2 is 2.14 bits per heavy atom. The molecule has 0 spiro atoms. The molecule has 0 bridgehead atoms. The molecular weight excluding hydrogens is 180 g/mol. The molecule has 0 saturated heterocycles. The van der Waals surface area contributed by atoms with Crippen LogP contribution in [0.3, 0.4) is 0 Å². The summed E-state index contributed by atoms with van der Waals surface area (Å²) in [7, 11) is 1.80. The van der Waals surface area contributed by atoms with Gasteiger partial charge in [0.25, 0.3) is 0 Å². The van der Waals surface area contributed by atoms with Crippen molar-refractivity contribution in [3.63, 3.8) is 0 Å². The summed E-state index contributed by atoms with van der Waals surface area (Å²) in [5.74, 6) is 0.124. The molecule has 0 aromatic carbocycles. The van der Waals surface area contributed by atoms with Gasteiger partial charge in [0, 0.05) is 13.6 Å². The fourth-order valence-corrected chi connectivity index (χ4v) is 1.03. The molecule has 14 heavy (non-hydrogen) atoms. The highest BCUT2D eigenvalue weighted by Gasteiger charge is 2.07. The van der Waals surface area contributed by atoms with E-state index in [4.69, 9.17) is 10.5 Å². The van der Waals surface area contributed by atoms with Gasteiger partial charge in [-0.3, -0.25) is 4.79 Å². The Morgan fingerprint density at radius 3 is 2.64 bits per heavy atom. The predicted octanol–water partition coefficient (Wildman–Crippen LogP) is 0.609. The van der Waals surface area contributed by atoms with Gasteiger partial charge in [0.2, 0.25) is 5.91 Å². The van der Waals surface area contributed by atoms with E-state index in [-0.39, 0.29) is 12.0 Å². The van der Waals surface area contributed by atoms with Crippen LogP contribution in [0, 0.1) is 0 Å². The third-order valence-corrected chi connectivity index (χ3v) is 1.89. The first-order valence-corrected chi connectivity index (χ1v) is 5.13. The van der Waals surface area contributed by atoms with E-state index in [1.807, 2.05) is 13.8 Å². The van der Waals surface area contributed by atoms with Crippen molar-refractivity contribution in [1.82, 2.24) is 4.90 Å². The molecule has 0 aliphatic heterocycles. The van der Waals surface area contributed by atoms with Gasteiger partial charge in [-0.25, -0.2) is 0 Å². The van der Waals surface area contributed by atoms with Gasteiger partial charge in [0.05, 0.1) is 19.1 Å². The fraction of sp³-hybridized carbons (Fsp3) is 0.900. The number of hydrogen-bond donors (Lipinski definition) is 1. The van der Waals surface area contributed by atoms with Crippen LogP contribution in [0.2, 0.25) is 0 Å². The van der Waals surface area contributed by atoms with Crippen LogP contribution in [0.5, 0.6) is 0 Å². The average Bonchev–Trinajstić information content (AvgIpc) is 2.13. The standard InChI is InChI=1S/C10H22N2O2/c1-9(2)14-8-5-10(13)12(3)7-4-6-11/h9H,4-8,11H2,1-3H3. The molecule has 0 unspecified atom stereocenters. The minimum atomic E-state index is 0.124. The summed E-state index contributed by atoms with van der Waals surface area (Å²) in [6.45, 7) is 5.78. The first-order valence-electron chi connectivity index (χ1n) is 5.13. The molecule has 0 radical (unpaired) electrons. The van der Waals surface area contributed by atoms with Gasteiger partial charge in [-0.15, -0.1) is 0 Å². The smallest absolute Gasteiger partial charge is 0.224 e. The second kappa shape index (κ2) is 7.76. The topological polar surface area (TPSA) is 55.6 Å². The van der Waals surface area contributed by atoms with Gasteiger partial charge < -0.3 is 15.4 Å². The van der Waals surface area contributed by atoms with Gasteiger partial charge in [-0.05, 0) is 26.8 Å². The predicted molar refractivity (Wildman–Crippen MR) is 57.0 cm³/mol. The molecular formula is C10H22N2O2. The van der Waals surface area contributed by atoms with E-state index in [2.05, 4.69) is 0 Å². The maximum Gasteiger partial charge on any atom is 0.224 e. The number of carbonyl (C=O) groups excluding carboxylic acids is 1. The summed E-state index contributed by atoms with van der Waals surface area (Å²) in [6.07, 6.45) is 1.50. The van der Waals surface area contributed by atoms with Gasteiger partial charge >= 0.3 is 0 Å². The second-order valence-electron chi connectivity index (χ2n) is 3.63. The maximum absolute atomic E-state index is 11.4. The lowest BCUT2D eigenvalue weighted by atomic mass is 10.3. The van der Waals surface area contributed by atoms with Crippen molar-refractivity contribution < 1.29 is 9.53 Å². The molecule has 0 aromatic heterocycles. The molecule has 0 rings (SSSR count). The number of rotatable bonds is 7. The number of hydrogen-bond acceptors (Lipinski definition) is 3. The molecule has 2 N–H and O–H groups in total. The van der Waals surface area contributed by atoms with Crippen molar-refractivity contribution >= 4 is 5.91 Å². The van der Waals surface area contributed by atoms with Crippen molar-refractivity contribution in [1.29, 1.82) is 0 Å². The zero-order chi connectivity index (χ0) is 11.0. The summed E-state index contributed by atoms with van der Waals surface area (Å²) >= 11 is 0. The normalized spacial score (nSPS) is 10.6. The quantitative estimate of drug-likeness (QED) is 0.658.